The smallest absolute Gasteiger partial charge is 0.162 e. The van der Waals surface area contributed by atoms with Crippen LogP contribution in [0, 0.1) is 0 Å². The van der Waals surface area contributed by atoms with Gasteiger partial charge in [0, 0.05) is 0 Å². The molecule has 0 bridgehead atoms. The normalized spacial score (nSPS) is 11.5. The zero-order valence-corrected chi connectivity index (χ0v) is 17.1. The highest BCUT2D eigenvalue weighted by atomic mass is 33.8. The van der Waals surface area contributed by atoms with E-state index in [0.29, 0.717) is 0 Å². The van der Waals surface area contributed by atoms with Gasteiger partial charge in [0.25, 0.3) is 0 Å². The molecule has 0 atom stereocenters. The third-order valence-electron chi connectivity index (χ3n) is 2.81. The van der Waals surface area contributed by atoms with Gasteiger partial charge in [-0.05, 0) is 75.3 Å². The topological polar surface area (TPSA) is 25.8 Å². The number of thiazole rings is 2. The average Bonchev–Trinajstić information content (AvgIpc) is 3.17. The van der Waals surface area contributed by atoms with Crippen LogP contribution in [0.25, 0.3) is 20.4 Å². The van der Waals surface area contributed by atoms with Crippen LogP contribution >= 0.6 is 73.7 Å². The molecule has 2 nitrogen and oxygen atoms in total. The van der Waals surface area contributed by atoms with Crippen molar-refractivity contribution in [2.45, 2.75) is 8.68 Å². The largest absolute Gasteiger partial charge is 0.229 e. The van der Waals surface area contributed by atoms with Gasteiger partial charge in [0.05, 0.1) is 20.4 Å². The molecule has 0 N–H and O–H groups in total. The van der Waals surface area contributed by atoms with Crippen molar-refractivity contribution in [1.82, 2.24) is 9.97 Å². The molecule has 2 aromatic heterocycles. The van der Waals surface area contributed by atoms with E-state index in [1.165, 1.54) is 9.40 Å². The molecule has 0 aliphatic heterocycles. The first-order valence-electron chi connectivity index (χ1n) is 6.44. The molecule has 0 unspecified atom stereocenters. The Labute approximate surface area is 160 Å². The van der Waals surface area contributed by atoms with Crippen LogP contribution in [0.4, 0.5) is 0 Å². The minimum Gasteiger partial charge on any atom is -0.229 e. The first kappa shape index (κ1) is 16.4. The van der Waals surface area contributed by atoms with E-state index in [1.54, 1.807) is 73.7 Å². The second kappa shape index (κ2) is 7.90. The van der Waals surface area contributed by atoms with E-state index >= 15 is 0 Å². The summed E-state index contributed by atoms with van der Waals surface area (Å²) in [6, 6.07) is 16.5. The van der Waals surface area contributed by atoms with E-state index < -0.39 is 0 Å². The molecule has 4 rings (SSSR count). The molecule has 0 amide bonds. The van der Waals surface area contributed by atoms with Gasteiger partial charge in [0.2, 0.25) is 0 Å². The molecule has 0 radical (unpaired) electrons. The molecule has 0 saturated heterocycles. The number of benzene rings is 2. The van der Waals surface area contributed by atoms with Crippen LogP contribution in [-0.2, 0) is 0 Å². The number of aromatic nitrogens is 2. The van der Waals surface area contributed by atoms with Crippen molar-refractivity contribution in [2.24, 2.45) is 0 Å². The molecule has 116 valence electrons. The van der Waals surface area contributed by atoms with Gasteiger partial charge in [-0.15, -0.1) is 22.7 Å². The molecule has 0 saturated carbocycles. The number of rotatable bonds is 6. The third-order valence-corrected chi connectivity index (χ3v) is 13.7. The summed E-state index contributed by atoms with van der Waals surface area (Å²) in [7, 11) is 8.70. The average molecular weight is 429 g/mol. The van der Waals surface area contributed by atoms with Crippen molar-refractivity contribution in [3.8, 4) is 0 Å². The monoisotopic (exact) mass is 428 g/mol. The summed E-state index contributed by atoms with van der Waals surface area (Å²) in [4.78, 5) is 9.24. The van der Waals surface area contributed by atoms with Crippen LogP contribution in [-0.4, -0.2) is 9.97 Å². The van der Waals surface area contributed by atoms with Crippen LogP contribution < -0.4 is 0 Å². The van der Waals surface area contributed by atoms with Gasteiger partial charge in [0.1, 0.15) is 0 Å². The maximum atomic E-state index is 4.62. The molecule has 0 aliphatic carbocycles. The number of nitrogens with zero attached hydrogens (tertiary/aromatic N) is 2. The van der Waals surface area contributed by atoms with E-state index in [4.69, 9.17) is 0 Å². The van der Waals surface area contributed by atoms with Crippen LogP contribution in [0.3, 0.4) is 0 Å². The SMILES string of the molecule is c1ccc2sc(SSSSSc3nc4ccccc4s3)nc2c1. The van der Waals surface area contributed by atoms with Crippen molar-refractivity contribution in [3.05, 3.63) is 48.5 Å². The molecule has 2 aromatic carbocycles. The van der Waals surface area contributed by atoms with Gasteiger partial charge < -0.3 is 0 Å². The Balaban J connectivity index is 1.27. The van der Waals surface area contributed by atoms with E-state index in [2.05, 4.69) is 46.4 Å². The van der Waals surface area contributed by atoms with Crippen molar-refractivity contribution in [1.29, 1.82) is 0 Å². The van der Waals surface area contributed by atoms with Crippen LogP contribution in [0.1, 0.15) is 0 Å². The van der Waals surface area contributed by atoms with Crippen molar-refractivity contribution in [3.63, 3.8) is 0 Å². The van der Waals surface area contributed by atoms with Gasteiger partial charge in [-0.3, -0.25) is 0 Å². The predicted octanol–water partition coefficient (Wildman–Crippen LogP) is 7.65. The highest BCUT2D eigenvalue weighted by molar-refractivity contribution is 9.35. The zero-order chi connectivity index (χ0) is 15.5. The molecule has 0 spiro atoms. The number of fused-ring (bicyclic) bond motifs is 2. The molecular formula is C14H8N2S7. The lowest BCUT2D eigenvalue weighted by Gasteiger charge is -1.94. The Morgan fingerprint density at radius 2 is 1.09 bits per heavy atom. The molecule has 4 aromatic rings. The predicted molar refractivity (Wildman–Crippen MR) is 114 cm³/mol. The summed E-state index contributed by atoms with van der Waals surface area (Å²) >= 11 is 3.49. The van der Waals surface area contributed by atoms with Crippen molar-refractivity contribution >= 4 is 94.2 Å². The lowest BCUT2D eigenvalue weighted by atomic mass is 10.3. The summed E-state index contributed by atoms with van der Waals surface area (Å²) in [6.07, 6.45) is 0. The first-order valence-corrected chi connectivity index (χ1v) is 14.2. The van der Waals surface area contributed by atoms with Gasteiger partial charge in [0.15, 0.2) is 8.68 Å². The third kappa shape index (κ3) is 4.15. The second-order valence-electron chi connectivity index (χ2n) is 4.27. The Hall–Kier alpha value is -0.0300. The Bertz CT molecular complexity index is 791. The summed E-state index contributed by atoms with van der Waals surface area (Å²) in [6.45, 7) is 0. The van der Waals surface area contributed by atoms with E-state index in [-0.39, 0.29) is 0 Å². The lowest BCUT2D eigenvalue weighted by Crippen LogP contribution is -1.65. The Morgan fingerprint density at radius 3 is 1.57 bits per heavy atom. The molecule has 2 heterocycles. The fourth-order valence-corrected chi connectivity index (χ4v) is 13.2. The van der Waals surface area contributed by atoms with Crippen molar-refractivity contribution in [2.75, 3.05) is 0 Å². The highest BCUT2D eigenvalue weighted by Crippen LogP contribution is 2.54. The summed E-state index contributed by atoms with van der Waals surface area (Å²) in [5.41, 5.74) is 2.17. The van der Waals surface area contributed by atoms with Crippen molar-refractivity contribution < 1.29 is 0 Å². The fourth-order valence-electron chi connectivity index (χ4n) is 1.87. The highest BCUT2D eigenvalue weighted by Gasteiger charge is 2.07. The minimum absolute atomic E-state index is 1.09. The van der Waals surface area contributed by atoms with Gasteiger partial charge in [-0.25, -0.2) is 9.97 Å². The van der Waals surface area contributed by atoms with Crippen LogP contribution in [0.15, 0.2) is 57.2 Å². The molecular weight excluding hydrogens is 421 g/mol. The second-order valence-corrected chi connectivity index (χ2v) is 14.3. The zero-order valence-electron chi connectivity index (χ0n) is 11.4. The number of hydrogen-bond acceptors (Lipinski definition) is 9. The summed E-state index contributed by atoms with van der Waals surface area (Å²) in [5.74, 6) is 0. The first-order chi connectivity index (χ1) is 11.4. The minimum atomic E-state index is 1.09. The molecule has 9 heteroatoms. The number of para-hydroxylation sites is 2. The maximum Gasteiger partial charge on any atom is 0.162 e. The molecule has 23 heavy (non-hydrogen) atoms. The summed E-state index contributed by atoms with van der Waals surface area (Å²) < 4.78 is 4.71. The standard InChI is InChI=1S/C14H8N2S7/c1-3-7-11-9(5-1)15-13(17-11)19-21-23-22-20-14-16-10-6-2-4-8-12(10)18-14/h1-8H. The van der Waals surface area contributed by atoms with E-state index in [9.17, 15) is 0 Å². The molecule has 0 fully saturated rings. The van der Waals surface area contributed by atoms with Crippen LogP contribution in [0.2, 0.25) is 0 Å². The van der Waals surface area contributed by atoms with Gasteiger partial charge >= 0.3 is 0 Å². The molecule has 0 aliphatic rings. The van der Waals surface area contributed by atoms with Gasteiger partial charge in [-0.2, -0.15) is 0 Å². The quantitative estimate of drug-likeness (QED) is 0.230. The van der Waals surface area contributed by atoms with E-state index in [1.807, 2.05) is 12.1 Å². The van der Waals surface area contributed by atoms with E-state index in [0.717, 1.165) is 19.7 Å². The van der Waals surface area contributed by atoms with Crippen LogP contribution in [0.5, 0.6) is 0 Å². The fraction of sp³-hybridized carbons (Fsp3) is 0. The number of hydrogen-bond donors (Lipinski definition) is 0. The lowest BCUT2D eigenvalue weighted by molar-refractivity contribution is 1.31. The Morgan fingerprint density at radius 1 is 0.609 bits per heavy atom. The summed E-state index contributed by atoms with van der Waals surface area (Å²) in [5, 5.41) is 0. The Kier molecular flexibility index (Phi) is 5.65. The maximum absolute atomic E-state index is 4.62. The van der Waals surface area contributed by atoms with Gasteiger partial charge in [-0.1, -0.05) is 24.3 Å².